The van der Waals surface area contributed by atoms with Crippen LogP contribution in [0, 0.1) is 5.82 Å². The van der Waals surface area contributed by atoms with E-state index in [1.54, 1.807) is 0 Å². The number of rotatable bonds is 3. The molecule has 3 heteroatoms. The standard InChI is InChI=1S/C16H16FNO/c1-18-10-14-9-11(2-4-15(14)17)12-3-5-16-13(8-12)6-7-19-16/h2-5,8-9,18H,6-7,10H2,1H3. The zero-order valence-corrected chi connectivity index (χ0v) is 10.9. The van der Waals surface area contributed by atoms with Gasteiger partial charge < -0.3 is 10.1 Å². The average Bonchev–Trinajstić information content (AvgIpc) is 2.89. The van der Waals surface area contributed by atoms with Crippen molar-refractivity contribution in [1.82, 2.24) is 5.32 Å². The third-order valence-corrected chi connectivity index (χ3v) is 3.44. The van der Waals surface area contributed by atoms with E-state index < -0.39 is 0 Å². The summed E-state index contributed by atoms with van der Waals surface area (Å²) in [5, 5.41) is 2.99. The van der Waals surface area contributed by atoms with Gasteiger partial charge in [0.2, 0.25) is 0 Å². The minimum Gasteiger partial charge on any atom is -0.493 e. The number of benzene rings is 2. The molecule has 0 saturated heterocycles. The molecular formula is C16H16FNO. The van der Waals surface area contributed by atoms with Gasteiger partial charge in [0.25, 0.3) is 0 Å². The van der Waals surface area contributed by atoms with Crippen LogP contribution in [0.25, 0.3) is 11.1 Å². The second-order valence-corrected chi connectivity index (χ2v) is 4.76. The van der Waals surface area contributed by atoms with Crippen LogP contribution in [-0.2, 0) is 13.0 Å². The summed E-state index contributed by atoms with van der Waals surface area (Å²) in [6.45, 7) is 1.29. The summed E-state index contributed by atoms with van der Waals surface area (Å²) in [7, 11) is 1.82. The highest BCUT2D eigenvalue weighted by Crippen LogP contribution is 2.31. The minimum absolute atomic E-state index is 0.164. The third-order valence-electron chi connectivity index (χ3n) is 3.44. The Hall–Kier alpha value is -1.87. The van der Waals surface area contributed by atoms with Crippen molar-refractivity contribution in [3.05, 3.63) is 53.3 Å². The predicted molar refractivity (Wildman–Crippen MR) is 73.8 cm³/mol. The maximum Gasteiger partial charge on any atom is 0.127 e. The minimum atomic E-state index is -0.164. The summed E-state index contributed by atoms with van der Waals surface area (Å²) in [5.74, 6) is 0.809. The van der Waals surface area contributed by atoms with Gasteiger partial charge in [-0.15, -0.1) is 0 Å². The van der Waals surface area contributed by atoms with Crippen LogP contribution in [0.1, 0.15) is 11.1 Å². The SMILES string of the molecule is CNCc1cc(-c2ccc3c(c2)CCO3)ccc1F. The molecule has 0 radical (unpaired) electrons. The first-order valence-corrected chi connectivity index (χ1v) is 6.47. The summed E-state index contributed by atoms with van der Waals surface area (Å²) < 4.78 is 19.1. The molecule has 0 atom stereocenters. The molecule has 98 valence electrons. The fraction of sp³-hybridized carbons (Fsp3) is 0.250. The normalized spacial score (nSPS) is 13.2. The Morgan fingerprint density at radius 2 is 1.95 bits per heavy atom. The van der Waals surface area contributed by atoms with Gasteiger partial charge in [-0.05, 0) is 48.0 Å². The third kappa shape index (κ3) is 2.34. The lowest BCUT2D eigenvalue weighted by molar-refractivity contribution is 0.357. The van der Waals surface area contributed by atoms with Crippen molar-refractivity contribution in [2.75, 3.05) is 13.7 Å². The van der Waals surface area contributed by atoms with Crippen LogP contribution in [0.15, 0.2) is 36.4 Å². The van der Waals surface area contributed by atoms with Crippen LogP contribution in [0.2, 0.25) is 0 Å². The molecular weight excluding hydrogens is 241 g/mol. The maximum atomic E-state index is 13.6. The van der Waals surface area contributed by atoms with E-state index in [-0.39, 0.29) is 5.82 Å². The van der Waals surface area contributed by atoms with Crippen LogP contribution in [0.3, 0.4) is 0 Å². The monoisotopic (exact) mass is 257 g/mol. The van der Waals surface area contributed by atoms with Gasteiger partial charge in [-0.2, -0.15) is 0 Å². The maximum absolute atomic E-state index is 13.6. The molecule has 1 aliphatic rings. The van der Waals surface area contributed by atoms with Gasteiger partial charge in [0.05, 0.1) is 6.61 Å². The van der Waals surface area contributed by atoms with Crippen molar-refractivity contribution < 1.29 is 9.13 Å². The second-order valence-electron chi connectivity index (χ2n) is 4.76. The fourth-order valence-electron chi connectivity index (χ4n) is 2.45. The van der Waals surface area contributed by atoms with Crippen molar-refractivity contribution in [2.24, 2.45) is 0 Å². The number of ether oxygens (including phenoxy) is 1. The molecule has 0 aliphatic carbocycles. The van der Waals surface area contributed by atoms with Crippen LogP contribution in [0.4, 0.5) is 4.39 Å². The Bertz CT molecular complexity index is 610. The van der Waals surface area contributed by atoms with E-state index in [9.17, 15) is 4.39 Å². The molecule has 2 aromatic carbocycles. The Balaban J connectivity index is 1.99. The Labute approximate surface area is 112 Å². The molecule has 0 spiro atoms. The summed E-state index contributed by atoms with van der Waals surface area (Å²) >= 11 is 0. The van der Waals surface area contributed by atoms with Gasteiger partial charge in [0.1, 0.15) is 11.6 Å². The van der Waals surface area contributed by atoms with Gasteiger partial charge in [-0.25, -0.2) is 4.39 Å². The highest BCUT2D eigenvalue weighted by Gasteiger charge is 2.13. The number of halogens is 1. The predicted octanol–water partition coefficient (Wildman–Crippen LogP) is 3.15. The van der Waals surface area contributed by atoms with E-state index in [1.165, 1.54) is 11.6 Å². The van der Waals surface area contributed by atoms with Gasteiger partial charge in [0, 0.05) is 18.5 Å². The second kappa shape index (κ2) is 5.02. The first kappa shape index (κ1) is 12.2. The molecule has 19 heavy (non-hydrogen) atoms. The van der Waals surface area contributed by atoms with Crippen molar-refractivity contribution in [3.63, 3.8) is 0 Å². The summed E-state index contributed by atoms with van der Waals surface area (Å²) in [6.07, 6.45) is 0.952. The summed E-state index contributed by atoms with van der Waals surface area (Å²) in [6, 6.07) is 11.4. The fourth-order valence-corrected chi connectivity index (χ4v) is 2.45. The number of nitrogens with one attached hydrogen (secondary N) is 1. The molecule has 1 N–H and O–H groups in total. The van der Waals surface area contributed by atoms with Crippen molar-refractivity contribution in [2.45, 2.75) is 13.0 Å². The molecule has 3 rings (SSSR count). The van der Waals surface area contributed by atoms with Gasteiger partial charge >= 0.3 is 0 Å². The molecule has 0 unspecified atom stereocenters. The largest absolute Gasteiger partial charge is 0.493 e. The van der Waals surface area contributed by atoms with E-state index in [4.69, 9.17) is 4.74 Å². The first-order chi connectivity index (χ1) is 9.28. The molecule has 0 fully saturated rings. The molecule has 2 nitrogen and oxygen atoms in total. The van der Waals surface area contributed by atoms with Crippen molar-refractivity contribution in [3.8, 4) is 16.9 Å². The zero-order valence-electron chi connectivity index (χ0n) is 10.9. The highest BCUT2D eigenvalue weighted by molar-refractivity contribution is 5.67. The molecule has 1 heterocycles. The number of hydrogen-bond acceptors (Lipinski definition) is 2. The van der Waals surface area contributed by atoms with Gasteiger partial charge in [-0.1, -0.05) is 12.1 Å². The van der Waals surface area contributed by atoms with E-state index in [0.717, 1.165) is 29.9 Å². The molecule has 1 aliphatic heterocycles. The van der Waals surface area contributed by atoms with Crippen LogP contribution in [-0.4, -0.2) is 13.7 Å². The zero-order chi connectivity index (χ0) is 13.2. The number of fused-ring (bicyclic) bond motifs is 1. The molecule has 0 amide bonds. The van der Waals surface area contributed by atoms with E-state index in [2.05, 4.69) is 11.4 Å². The molecule has 0 aromatic heterocycles. The lowest BCUT2D eigenvalue weighted by Crippen LogP contribution is -2.07. The van der Waals surface area contributed by atoms with Crippen molar-refractivity contribution in [1.29, 1.82) is 0 Å². The molecule has 0 bridgehead atoms. The van der Waals surface area contributed by atoms with E-state index in [1.807, 2.05) is 31.3 Å². The van der Waals surface area contributed by atoms with Crippen LogP contribution in [0.5, 0.6) is 5.75 Å². The average molecular weight is 257 g/mol. The van der Waals surface area contributed by atoms with Crippen LogP contribution >= 0.6 is 0 Å². The van der Waals surface area contributed by atoms with Gasteiger partial charge in [-0.3, -0.25) is 0 Å². The lowest BCUT2D eigenvalue weighted by atomic mass is 10.00. The topological polar surface area (TPSA) is 21.3 Å². The highest BCUT2D eigenvalue weighted by atomic mass is 19.1. The Morgan fingerprint density at radius 1 is 1.16 bits per heavy atom. The van der Waals surface area contributed by atoms with E-state index >= 15 is 0 Å². The molecule has 0 saturated carbocycles. The Kier molecular flexibility index (Phi) is 3.22. The summed E-state index contributed by atoms with van der Waals surface area (Å²) in [5.41, 5.74) is 4.08. The first-order valence-electron chi connectivity index (χ1n) is 6.47. The smallest absolute Gasteiger partial charge is 0.127 e. The van der Waals surface area contributed by atoms with Crippen molar-refractivity contribution >= 4 is 0 Å². The summed E-state index contributed by atoms with van der Waals surface area (Å²) in [4.78, 5) is 0. The Morgan fingerprint density at radius 3 is 2.79 bits per heavy atom. The number of hydrogen-bond donors (Lipinski definition) is 1. The molecule has 2 aromatic rings. The lowest BCUT2D eigenvalue weighted by Gasteiger charge is -2.08. The van der Waals surface area contributed by atoms with Crippen LogP contribution < -0.4 is 10.1 Å². The quantitative estimate of drug-likeness (QED) is 0.912. The van der Waals surface area contributed by atoms with E-state index in [0.29, 0.717) is 12.1 Å². The van der Waals surface area contributed by atoms with Gasteiger partial charge in [0.15, 0.2) is 0 Å².